The van der Waals surface area contributed by atoms with Crippen LogP contribution in [0, 0.1) is 0 Å². The summed E-state index contributed by atoms with van der Waals surface area (Å²) in [6.07, 6.45) is 0. The summed E-state index contributed by atoms with van der Waals surface area (Å²) >= 11 is 12.9. The SMILES string of the molecule is O=C(COC(=O)CN1CCSC1=O)Nc1cccc(Cl)c1Cl. The van der Waals surface area contributed by atoms with Crippen LogP contribution < -0.4 is 5.32 Å². The van der Waals surface area contributed by atoms with Crippen molar-refractivity contribution < 1.29 is 19.1 Å². The number of nitrogens with zero attached hydrogens (tertiary/aromatic N) is 1. The van der Waals surface area contributed by atoms with Gasteiger partial charge in [0.25, 0.3) is 11.1 Å². The first-order valence-electron chi connectivity index (χ1n) is 6.28. The highest BCUT2D eigenvalue weighted by Crippen LogP contribution is 2.29. The molecule has 0 unspecified atom stereocenters. The van der Waals surface area contributed by atoms with Gasteiger partial charge in [0.2, 0.25) is 0 Å². The van der Waals surface area contributed by atoms with Crippen molar-refractivity contribution in [2.75, 3.05) is 30.8 Å². The highest BCUT2D eigenvalue weighted by atomic mass is 35.5. The lowest BCUT2D eigenvalue weighted by molar-refractivity contribution is -0.147. The molecule has 0 radical (unpaired) electrons. The van der Waals surface area contributed by atoms with Crippen molar-refractivity contribution in [3.8, 4) is 0 Å². The van der Waals surface area contributed by atoms with Gasteiger partial charge in [0.15, 0.2) is 6.61 Å². The van der Waals surface area contributed by atoms with Crippen molar-refractivity contribution >= 4 is 57.8 Å². The fourth-order valence-electron chi connectivity index (χ4n) is 1.70. The Balaban J connectivity index is 1.79. The summed E-state index contributed by atoms with van der Waals surface area (Å²) in [5.74, 6) is -0.525. The lowest BCUT2D eigenvalue weighted by Gasteiger charge is -2.13. The standard InChI is InChI=1S/C13H12Cl2N2O4S/c14-8-2-1-3-9(12(8)15)16-10(18)7-21-11(19)6-17-4-5-22-13(17)20/h1-3H,4-7H2,(H,16,18). The molecule has 1 heterocycles. The predicted octanol–water partition coefficient (Wildman–Crippen LogP) is 2.64. The quantitative estimate of drug-likeness (QED) is 0.814. The molecule has 1 fully saturated rings. The molecule has 0 bridgehead atoms. The van der Waals surface area contributed by atoms with Crippen molar-refractivity contribution in [1.82, 2.24) is 4.90 Å². The molecule has 1 saturated heterocycles. The minimum Gasteiger partial charge on any atom is -0.454 e. The van der Waals surface area contributed by atoms with Crippen LogP contribution in [0.15, 0.2) is 18.2 Å². The van der Waals surface area contributed by atoms with Gasteiger partial charge in [-0.1, -0.05) is 41.0 Å². The van der Waals surface area contributed by atoms with Crippen molar-refractivity contribution in [3.63, 3.8) is 0 Å². The molecule has 22 heavy (non-hydrogen) atoms. The number of nitrogens with one attached hydrogen (secondary N) is 1. The van der Waals surface area contributed by atoms with Crippen molar-refractivity contribution in [2.24, 2.45) is 0 Å². The number of esters is 1. The number of anilines is 1. The van der Waals surface area contributed by atoms with Gasteiger partial charge < -0.3 is 15.0 Å². The van der Waals surface area contributed by atoms with Gasteiger partial charge in [0, 0.05) is 12.3 Å². The average molecular weight is 363 g/mol. The largest absolute Gasteiger partial charge is 0.454 e. The second-order valence-corrected chi connectivity index (χ2v) is 6.18. The molecule has 9 heteroatoms. The Hall–Kier alpha value is -1.44. The van der Waals surface area contributed by atoms with E-state index >= 15 is 0 Å². The molecule has 0 aromatic heterocycles. The number of benzene rings is 1. The molecule has 1 aliphatic heterocycles. The van der Waals surface area contributed by atoms with Crippen molar-refractivity contribution in [2.45, 2.75) is 0 Å². The second-order valence-electron chi connectivity index (χ2n) is 4.35. The molecule has 0 aliphatic carbocycles. The maximum Gasteiger partial charge on any atom is 0.326 e. The summed E-state index contributed by atoms with van der Waals surface area (Å²) in [5, 5.41) is 2.85. The van der Waals surface area contributed by atoms with Gasteiger partial charge in [-0.25, -0.2) is 0 Å². The van der Waals surface area contributed by atoms with E-state index in [9.17, 15) is 14.4 Å². The topological polar surface area (TPSA) is 75.7 Å². The van der Waals surface area contributed by atoms with E-state index < -0.39 is 18.5 Å². The van der Waals surface area contributed by atoms with E-state index in [0.717, 1.165) is 11.8 Å². The molecule has 1 N–H and O–H groups in total. The molecule has 2 amide bonds. The maximum absolute atomic E-state index is 11.7. The highest BCUT2D eigenvalue weighted by Gasteiger charge is 2.24. The van der Waals surface area contributed by atoms with Crippen LogP contribution in [0.25, 0.3) is 0 Å². The van der Waals surface area contributed by atoms with E-state index in [-0.39, 0.29) is 16.8 Å². The molecule has 0 atom stereocenters. The van der Waals surface area contributed by atoms with E-state index in [4.69, 9.17) is 27.9 Å². The molecule has 2 rings (SSSR count). The van der Waals surface area contributed by atoms with Crippen molar-refractivity contribution in [3.05, 3.63) is 28.2 Å². The third kappa shape index (κ3) is 4.53. The first kappa shape index (κ1) is 16.9. The lowest BCUT2D eigenvalue weighted by atomic mass is 10.3. The molecule has 0 saturated carbocycles. The summed E-state index contributed by atoms with van der Waals surface area (Å²) in [7, 11) is 0. The smallest absolute Gasteiger partial charge is 0.326 e. The minimum absolute atomic E-state index is 0.156. The Morgan fingerprint density at radius 3 is 2.82 bits per heavy atom. The van der Waals surface area contributed by atoms with E-state index in [1.54, 1.807) is 18.2 Å². The number of ether oxygens (including phenoxy) is 1. The summed E-state index contributed by atoms with van der Waals surface area (Å²) < 4.78 is 4.83. The number of carbonyl (C=O) groups excluding carboxylic acids is 3. The maximum atomic E-state index is 11.7. The molecule has 1 aromatic rings. The number of hydrogen-bond donors (Lipinski definition) is 1. The van der Waals surface area contributed by atoms with E-state index in [0.29, 0.717) is 23.0 Å². The van der Waals surface area contributed by atoms with Crippen LogP contribution in [0.1, 0.15) is 0 Å². The number of carbonyl (C=O) groups is 3. The molecule has 6 nitrogen and oxygen atoms in total. The van der Waals surface area contributed by atoms with Crippen LogP contribution in [-0.4, -0.2) is 47.5 Å². The van der Waals surface area contributed by atoms with Crippen LogP contribution in [0.5, 0.6) is 0 Å². The highest BCUT2D eigenvalue weighted by molar-refractivity contribution is 8.13. The average Bonchev–Trinajstić information content (AvgIpc) is 2.87. The second kappa shape index (κ2) is 7.71. The number of rotatable bonds is 5. The summed E-state index contributed by atoms with van der Waals surface area (Å²) in [5.41, 5.74) is 0.335. The van der Waals surface area contributed by atoms with Gasteiger partial charge in [0.05, 0.1) is 15.7 Å². The number of hydrogen-bond acceptors (Lipinski definition) is 5. The summed E-state index contributed by atoms with van der Waals surface area (Å²) in [6.45, 7) is -0.114. The number of halogens is 2. The third-order valence-corrected chi connectivity index (χ3v) is 4.47. The number of amides is 2. The van der Waals surface area contributed by atoms with Gasteiger partial charge in [-0.15, -0.1) is 0 Å². The predicted molar refractivity (Wildman–Crippen MR) is 85.5 cm³/mol. The van der Waals surface area contributed by atoms with Crippen LogP contribution in [0.3, 0.4) is 0 Å². The zero-order valence-corrected chi connectivity index (χ0v) is 13.6. The normalized spacial score (nSPS) is 14.1. The zero-order valence-electron chi connectivity index (χ0n) is 11.3. The molecule has 1 aromatic carbocycles. The Morgan fingerprint density at radius 1 is 1.36 bits per heavy atom. The monoisotopic (exact) mass is 362 g/mol. The van der Waals surface area contributed by atoms with Crippen LogP contribution in [0.2, 0.25) is 10.0 Å². The van der Waals surface area contributed by atoms with Crippen LogP contribution in [0.4, 0.5) is 10.5 Å². The third-order valence-electron chi connectivity index (χ3n) is 2.75. The fraction of sp³-hybridized carbons (Fsp3) is 0.308. The lowest BCUT2D eigenvalue weighted by Crippen LogP contribution is -2.32. The molecule has 1 aliphatic rings. The van der Waals surface area contributed by atoms with Crippen LogP contribution >= 0.6 is 35.0 Å². The number of thioether (sulfide) groups is 1. The van der Waals surface area contributed by atoms with Gasteiger partial charge in [0.1, 0.15) is 6.54 Å². The zero-order chi connectivity index (χ0) is 16.1. The van der Waals surface area contributed by atoms with Gasteiger partial charge in [-0.2, -0.15) is 0 Å². The summed E-state index contributed by atoms with van der Waals surface area (Å²) in [6, 6.07) is 4.80. The molecular formula is C13H12Cl2N2O4S. The van der Waals surface area contributed by atoms with Gasteiger partial charge in [-0.05, 0) is 12.1 Å². The first-order chi connectivity index (χ1) is 10.5. The van der Waals surface area contributed by atoms with Gasteiger partial charge in [-0.3, -0.25) is 14.4 Å². The van der Waals surface area contributed by atoms with Gasteiger partial charge >= 0.3 is 5.97 Å². The molecular weight excluding hydrogens is 351 g/mol. The van der Waals surface area contributed by atoms with E-state index in [1.807, 2.05) is 0 Å². The molecule has 0 spiro atoms. The minimum atomic E-state index is -0.636. The first-order valence-corrected chi connectivity index (χ1v) is 8.02. The van der Waals surface area contributed by atoms with Crippen LogP contribution in [-0.2, 0) is 14.3 Å². The Morgan fingerprint density at radius 2 is 2.14 bits per heavy atom. The Labute approximate surface area is 141 Å². The van der Waals surface area contributed by atoms with E-state index in [2.05, 4.69) is 5.32 Å². The van der Waals surface area contributed by atoms with E-state index in [1.165, 1.54) is 4.90 Å². The fourth-order valence-corrected chi connectivity index (χ4v) is 2.88. The summed E-state index contributed by atoms with van der Waals surface area (Å²) in [4.78, 5) is 36.0. The molecule has 118 valence electrons. The Kier molecular flexibility index (Phi) is 5.93. The Bertz CT molecular complexity index is 612. The van der Waals surface area contributed by atoms with Crippen molar-refractivity contribution in [1.29, 1.82) is 0 Å².